The zero-order valence-electron chi connectivity index (χ0n) is 17.6. The van der Waals surface area contributed by atoms with Crippen LogP contribution in [0.1, 0.15) is 29.6 Å². The number of phenolic OH excluding ortho intramolecular Hbond substituents is 1. The molecule has 0 saturated carbocycles. The summed E-state index contributed by atoms with van der Waals surface area (Å²) in [6.45, 7) is 3.42. The Morgan fingerprint density at radius 3 is 2.40 bits per heavy atom. The molecule has 0 unspecified atom stereocenters. The van der Waals surface area contributed by atoms with Crippen molar-refractivity contribution in [2.24, 2.45) is 5.92 Å². The number of likely N-dealkylation sites (tertiary alicyclic amines) is 1. The highest BCUT2D eigenvalue weighted by atomic mass is 16.3. The second-order valence-electron chi connectivity index (χ2n) is 7.92. The number of aromatic hydroxyl groups is 1. The lowest BCUT2D eigenvalue weighted by atomic mass is 9.89. The number of amides is 1. The number of hydrogen-bond acceptors (Lipinski definition) is 5. The number of phenols is 1. The van der Waals surface area contributed by atoms with Crippen LogP contribution in [0.4, 0.5) is 5.69 Å². The predicted molar refractivity (Wildman–Crippen MR) is 119 cm³/mol. The second kappa shape index (κ2) is 10.8. The molecule has 0 spiro atoms. The van der Waals surface area contributed by atoms with Crippen molar-refractivity contribution < 1.29 is 14.7 Å². The van der Waals surface area contributed by atoms with Gasteiger partial charge in [0.1, 0.15) is 5.75 Å². The summed E-state index contributed by atoms with van der Waals surface area (Å²) >= 11 is 0. The Morgan fingerprint density at radius 2 is 1.73 bits per heavy atom. The standard InChI is InChI=1S/C24H31N3O3/c1-26(21-6-3-2-4-7-21)15-5-14-25-23(29)18-27-16-12-20(13-17-27)24(30)19-8-10-22(28)11-9-19/h2-4,6-11,20,28H,5,12-18H2,1H3,(H,25,29). The molecule has 2 N–H and O–H groups in total. The fourth-order valence-corrected chi connectivity index (χ4v) is 3.83. The Bertz CT molecular complexity index is 815. The number of benzene rings is 2. The van der Waals surface area contributed by atoms with E-state index < -0.39 is 0 Å². The fraction of sp³-hybridized carbons (Fsp3) is 0.417. The molecule has 1 fully saturated rings. The number of Topliss-reactive ketones (excluding diaryl/α,β-unsaturated/α-hetero) is 1. The Morgan fingerprint density at radius 1 is 1.07 bits per heavy atom. The van der Waals surface area contributed by atoms with Gasteiger partial charge in [-0.1, -0.05) is 18.2 Å². The highest BCUT2D eigenvalue weighted by Crippen LogP contribution is 2.22. The molecule has 6 heteroatoms. The SMILES string of the molecule is CN(CCCNC(=O)CN1CCC(C(=O)c2ccc(O)cc2)CC1)c1ccccc1. The van der Waals surface area contributed by atoms with Crippen LogP contribution in [0.2, 0.25) is 0 Å². The average Bonchev–Trinajstić information content (AvgIpc) is 2.78. The Labute approximate surface area is 178 Å². The molecule has 1 aliphatic rings. The van der Waals surface area contributed by atoms with E-state index in [1.54, 1.807) is 24.3 Å². The summed E-state index contributed by atoms with van der Waals surface area (Å²) in [6.07, 6.45) is 2.41. The maximum Gasteiger partial charge on any atom is 0.234 e. The van der Waals surface area contributed by atoms with Gasteiger partial charge in [0.25, 0.3) is 0 Å². The number of rotatable bonds is 9. The first-order valence-electron chi connectivity index (χ1n) is 10.6. The topological polar surface area (TPSA) is 72.9 Å². The van der Waals surface area contributed by atoms with Crippen LogP contribution >= 0.6 is 0 Å². The van der Waals surface area contributed by atoms with Gasteiger partial charge in [-0.2, -0.15) is 0 Å². The molecule has 0 bridgehead atoms. The molecule has 160 valence electrons. The number of nitrogens with zero attached hydrogens (tertiary/aromatic N) is 2. The van der Waals surface area contributed by atoms with Crippen molar-refractivity contribution in [1.29, 1.82) is 0 Å². The molecule has 2 aromatic carbocycles. The summed E-state index contributed by atoms with van der Waals surface area (Å²) in [5, 5.41) is 12.4. The maximum atomic E-state index is 12.6. The highest BCUT2D eigenvalue weighted by Gasteiger charge is 2.26. The Kier molecular flexibility index (Phi) is 7.85. The van der Waals surface area contributed by atoms with Crippen LogP contribution in [-0.4, -0.2) is 61.5 Å². The molecule has 1 aliphatic heterocycles. The molecule has 0 aliphatic carbocycles. The number of hydrogen-bond donors (Lipinski definition) is 2. The van der Waals surface area contributed by atoms with E-state index in [-0.39, 0.29) is 23.4 Å². The first-order valence-corrected chi connectivity index (χ1v) is 10.6. The molecule has 0 atom stereocenters. The third kappa shape index (κ3) is 6.32. The highest BCUT2D eigenvalue weighted by molar-refractivity contribution is 5.98. The Balaban J connectivity index is 1.32. The summed E-state index contributed by atoms with van der Waals surface area (Å²) in [5.41, 5.74) is 1.82. The minimum absolute atomic E-state index is 0.0117. The fourth-order valence-electron chi connectivity index (χ4n) is 3.83. The van der Waals surface area contributed by atoms with Crippen LogP contribution in [-0.2, 0) is 4.79 Å². The molecule has 3 rings (SSSR count). The van der Waals surface area contributed by atoms with E-state index >= 15 is 0 Å². The normalized spacial score (nSPS) is 15.0. The van der Waals surface area contributed by atoms with Gasteiger partial charge < -0.3 is 15.3 Å². The average molecular weight is 410 g/mol. The lowest BCUT2D eigenvalue weighted by molar-refractivity contribution is -0.122. The summed E-state index contributed by atoms with van der Waals surface area (Å²) in [5.74, 6) is 0.323. The van der Waals surface area contributed by atoms with E-state index in [1.807, 2.05) is 18.2 Å². The number of anilines is 1. The number of carbonyl (C=O) groups excluding carboxylic acids is 2. The van der Waals surface area contributed by atoms with Gasteiger partial charge in [0, 0.05) is 37.3 Å². The molecular formula is C24H31N3O3. The lowest BCUT2D eigenvalue weighted by Crippen LogP contribution is -2.43. The molecule has 1 saturated heterocycles. The first-order chi connectivity index (χ1) is 14.5. The smallest absolute Gasteiger partial charge is 0.234 e. The number of carbonyl (C=O) groups is 2. The van der Waals surface area contributed by atoms with Crippen LogP contribution in [0, 0.1) is 5.92 Å². The van der Waals surface area contributed by atoms with E-state index in [1.165, 1.54) is 5.69 Å². The van der Waals surface area contributed by atoms with Gasteiger partial charge in [-0.25, -0.2) is 0 Å². The monoisotopic (exact) mass is 409 g/mol. The van der Waals surface area contributed by atoms with Crippen molar-refractivity contribution in [2.45, 2.75) is 19.3 Å². The Hall–Kier alpha value is -2.86. The molecule has 0 aromatic heterocycles. The van der Waals surface area contributed by atoms with Crippen molar-refractivity contribution >= 4 is 17.4 Å². The minimum atomic E-state index is -0.0117. The molecule has 1 heterocycles. The maximum absolute atomic E-state index is 12.6. The van der Waals surface area contributed by atoms with Gasteiger partial charge in [-0.15, -0.1) is 0 Å². The van der Waals surface area contributed by atoms with Gasteiger partial charge >= 0.3 is 0 Å². The van der Waals surface area contributed by atoms with E-state index in [0.717, 1.165) is 38.9 Å². The molecule has 2 aromatic rings. The van der Waals surface area contributed by atoms with Crippen molar-refractivity contribution in [1.82, 2.24) is 10.2 Å². The summed E-state index contributed by atoms with van der Waals surface area (Å²) in [4.78, 5) is 29.1. The van der Waals surface area contributed by atoms with Crippen molar-refractivity contribution in [2.75, 3.05) is 44.7 Å². The number of para-hydroxylation sites is 1. The number of ketones is 1. The van der Waals surface area contributed by atoms with Crippen molar-refractivity contribution in [3.63, 3.8) is 0 Å². The predicted octanol–water partition coefficient (Wildman–Crippen LogP) is 2.93. The van der Waals surface area contributed by atoms with Crippen molar-refractivity contribution in [3.8, 4) is 5.75 Å². The van der Waals surface area contributed by atoms with Gasteiger partial charge in [-0.05, 0) is 68.8 Å². The molecule has 1 amide bonds. The quantitative estimate of drug-likeness (QED) is 0.492. The van der Waals surface area contributed by atoms with Gasteiger partial charge in [-0.3, -0.25) is 14.5 Å². The van der Waals surface area contributed by atoms with Crippen LogP contribution in [0.5, 0.6) is 5.75 Å². The minimum Gasteiger partial charge on any atom is -0.508 e. The molecule has 6 nitrogen and oxygen atoms in total. The summed E-state index contributed by atoms with van der Waals surface area (Å²) < 4.78 is 0. The van der Waals surface area contributed by atoms with Crippen LogP contribution in [0.3, 0.4) is 0 Å². The molecular weight excluding hydrogens is 378 g/mol. The van der Waals surface area contributed by atoms with E-state index in [2.05, 4.69) is 34.3 Å². The van der Waals surface area contributed by atoms with Gasteiger partial charge in [0.05, 0.1) is 6.54 Å². The molecule has 30 heavy (non-hydrogen) atoms. The van der Waals surface area contributed by atoms with E-state index in [9.17, 15) is 14.7 Å². The summed E-state index contributed by atoms with van der Waals surface area (Å²) in [6, 6.07) is 16.6. The third-order valence-electron chi connectivity index (χ3n) is 5.67. The van der Waals surface area contributed by atoms with Gasteiger partial charge in [0.2, 0.25) is 5.91 Å². The zero-order valence-corrected chi connectivity index (χ0v) is 17.6. The van der Waals surface area contributed by atoms with Crippen LogP contribution < -0.4 is 10.2 Å². The first kappa shape index (κ1) is 21.8. The largest absolute Gasteiger partial charge is 0.508 e. The third-order valence-corrected chi connectivity index (χ3v) is 5.67. The van der Waals surface area contributed by atoms with Gasteiger partial charge in [0.15, 0.2) is 5.78 Å². The van der Waals surface area contributed by atoms with E-state index in [0.29, 0.717) is 18.7 Å². The summed E-state index contributed by atoms with van der Waals surface area (Å²) in [7, 11) is 2.06. The van der Waals surface area contributed by atoms with Crippen LogP contribution in [0.15, 0.2) is 54.6 Å². The van der Waals surface area contributed by atoms with Crippen molar-refractivity contribution in [3.05, 3.63) is 60.2 Å². The number of piperidine rings is 1. The number of nitrogens with one attached hydrogen (secondary N) is 1. The van der Waals surface area contributed by atoms with E-state index in [4.69, 9.17) is 0 Å². The molecule has 0 radical (unpaired) electrons. The van der Waals surface area contributed by atoms with Crippen LogP contribution in [0.25, 0.3) is 0 Å². The lowest BCUT2D eigenvalue weighted by Gasteiger charge is -2.30. The second-order valence-corrected chi connectivity index (χ2v) is 7.92. The zero-order chi connectivity index (χ0) is 21.3.